The van der Waals surface area contributed by atoms with Gasteiger partial charge in [0.15, 0.2) is 0 Å². The van der Waals surface area contributed by atoms with Crippen molar-refractivity contribution in [2.75, 3.05) is 0 Å². The van der Waals surface area contributed by atoms with Crippen LogP contribution < -0.4 is 0 Å². The second kappa shape index (κ2) is 6.18. The van der Waals surface area contributed by atoms with Crippen molar-refractivity contribution in [2.45, 2.75) is 16.0 Å². The molecule has 0 bridgehead atoms. The van der Waals surface area contributed by atoms with Gasteiger partial charge in [0.1, 0.15) is 6.07 Å². The Morgan fingerprint density at radius 1 is 1.05 bits per heavy atom. The van der Waals surface area contributed by atoms with Gasteiger partial charge in [-0.3, -0.25) is 0 Å². The van der Waals surface area contributed by atoms with Crippen LogP contribution in [0.2, 0.25) is 10.0 Å². The van der Waals surface area contributed by atoms with Gasteiger partial charge in [-0.2, -0.15) is 18.4 Å². The van der Waals surface area contributed by atoms with E-state index < -0.39 is 11.7 Å². The van der Waals surface area contributed by atoms with Crippen LogP contribution in [0.3, 0.4) is 0 Å². The van der Waals surface area contributed by atoms with Gasteiger partial charge in [0.25, 0.3) is 0 Å². The minimum absolute atomic E-state index is 0.0780. The highest BCUT2D eigenvalue weighted by atomic mass is 35.5. The molecule has 0 amide bonds. The van der Waals surface area contributed by atoms with Gasteiger partial charge in [0.2, 0.25) is 0 Å². The van der Waals surface area contributed by atoms with Gasteiger partial charge in [-0.25, -0.2) is 0 Å². The molecule has 0 aliphatic carbocycles. The first-order valence-corrected chi connectivity index (χ1v) is 7.13. The SMILES string of the molecule is N#Cc1cc(C(F)(F)F)ccc1Sc1c(Cl)cccc1Cl. The predicted octanol–water partition coefficient (Wildman–Crippen LogP) is 6.04. The van der Waals surface area contributed by atoms with E-state index >= 15 is 0 Å². The molecule has 0 atom stereocenters. The van der Waals surface area contributed by atoms with E-state index in [1.807, 2.05) is 0 Å². The third kappa shape index (κ3) is 3.65. The summed E-state index contributed by atoms with van der Waals surface area (Å²) < 4.78 is 37.9. The fourth-order valence-corrected chi connectivity index (χ4v) is 3.10. The average molecular weight is 348 g/mol. The molecule has 0 aliphatic rings. The van der Waals surface area contributed by atoms with Crippen molar-refractivity contribution < 1.29 is 13.2 Å². The summed E-state index contributed by atoms with van der Waals surface area (Å²) in [6.07, 6.45) is -4.49. The smallest absolute Gasteiger partial charge is 0.192 e. The molecule has 0 N–H and O–H groups in total. The highest BCUT2D eigenvalue weighted by Crippen LogP contribution is 2.41. The Bertz CT molecular complexity index is 703. The van der Waals surface area contributed by atoms with Crippen molar-refractivity contribution in [2.24, 2.45) is 0 Å². The number of nitriles is 1. The normalized spacial score (nSPS) is 11.2. The van der Waals surface area contributed by atoms with E-state index in [4.69, 9.17) is 28.5 Å². The molecule has 2 aromatic carbocycles. The number of halogens is 5. The molecule has 0 aliphatic heterocycles. The maximum absolute atomic E-state index is 12.6. The second-order valence-electron chi connectivity index (χ2n) is 3.97. The van der Waals surface area contributed by atoms with Crippen molar-refractivity contribution in [3.63, 3.8) is 0 Å². The van der Waals surface area contributed by atoms with Crippen molar-refractivity contribution >= 4 is 35.0 Å². The quantitative estimate of drug-likeness (QED) is 0.661. The lowest BCUT2D eigenvalue weighted by molar-refractivity contribution is -0.137. The molecular weight excluding hydrogens is 342 g/mol. The maximum atomic E-state index is 12.6. The first-order chi connectivity index (χ1) is 9.82. The lowest BCUT2D eigenvalue weighted by Crippen LogP contribution is -2.05. The van der Waals surface area contributed by atoms with E-state index in [0.29, 0.717) is 19.8 Å². The van der Waals surface area contributed by atoms with Gasteiger partial charge in [-0.05, 0) is 30.3 Å². The van der Waals surface area contributed by atoms with Crippen LogP contribution in [0, 0.1) is 11.3 Å². The largest absolute Gasteiger partial charge is 0.416 e. The Kier molecular flexibility index (Phi) is 4.72. The zero-order valence-electron chi connectivity index (χ0n) is 10.2. The molecule has 7 heteroatoms. The van der Waals surface area contributed by atoms with E-state index in [1.165, 1.54) is 6.07 Å². The highest BCUT2D eigenvalue weighted by Gasteiger charge is 2.31. The Morgan fingerprint density at radius 2 is 1.67 bits per heavy atom. The fourth-order valence-electron chi connectivity index (χ4n) is 1.57. The molecule has 2 rings (SSSR count). The maximum Gasteiger partial charge on any atom is 0.416 e. The molecule has 0 saturated heterocycles. The van der Waals surface area contributed by atoms with E-state index in [1.54, 1.807) is 24.3 Å². The van der Waals surface area contributed by atoms with Crippen LogP contribution in [0.4, 0.5) is 13.2 Å². The number of nitrogens with zero attached hydrogens (tertiary/aromatic N) is 1. The van der Waals surface area contributed by atoms with E-state index in [-0.39, 0.29) is 5.56 Å². The molecule has 0 heterocycles. The van der Waals surface area contributed by atoms with Crippen LogP contribution in [-0.4, -0.2) is 0 Å². The number of hydrogen-bond acceptors (Lipinski definition) is 2. The van der Waals surface area contributed by atoms with Gasteiger partial charge in [-0.1, -0.05) is 41.0 Å². The lowest BCUT2D eigenvalue weighted by Gasteiger charge is -2.11. The number of rotatable bonds is 2. The predicted molar refractivity (Wildman–Crippen MR) is 76.7 cm³/mol. The van der Waals surface area contributed by atoms with Crippen LogP contribution in [-0.2, 0) is 6.18 Å². The standard InChI is InChI=1S/C14H6Cl2F3NS/c15-10-2-1-3-11(16)13(10)21-12-5-4-9(14(17,18)19)6-8(12)7-20/h1-6H. The molecule has 2 aromatic rings. The van der Waals surface area contributed by atoms with Crippen LogP contribution >= 0.6 is 35.0 Å². The van der Waals surface area contributed by atoms with Crippen molar-refractivity contribution in [1.29, 1.82) is 5.26 Å². The summed E-state index contributed by atoms with van der Waals surface area (Å²) in [5.41, 5.74) is -0.945. The van der Waals surface area contributed by atoms with Crippen LogP contribution in [0.1, 0.15) is 11.1 Å². The molecule has 21 heavy (non-hydrogen) atoms. The summed E-state index contributed by atoms with van der Waals surface area (Å²) >= 11 is 13.1. The summed E-state index contributed by atoms with van der Waals surface area (Å²) in [6.45, 7) is 0. The molecule has 0 unspecified atom stereocenters. The summed E-state index contributed by atoms with van der Waals surface area (Å²) in [5, 5.41) is 9.77. The summed E-state index contributed by atoms with van der Waals surface area (Å²) in [6, 6.07) is 9.63. The number of benzene rings is 2. The molecule has 0 saturated carbocycles. The Balaban J connectivity index is 2.44. The third-order valence-electron chi connectivity index (χ3n) is 2.56. The van der Waals surface area contributed by atoms with Crippen molar-refractivity contribution in [3.05, 3.63) is 57.6 Å². The summed E-state index contributed by atoms with van der Waals surface area (Å²) in [5.74, 6) is 0. The molecule has 0 fully saturated rings. The number of hydrogen-bond donors (Lipinski definition) is 0. The highest BCUT2D eigenvalue weighted by molar-refractivity contribution is 7.99. The van der Waals surface area contributed by atoms with E-state index in [2.05, 4.69) is 0 Å². The van der Waals surface area contributed by atoms with E-state index in [9.17, 15) is 13.2 Å². The summed E-state index contributed by atoms with van der Waals surface area (Å²) in [4.78, 5) is 0.859. The zero-order valence-corrected chi connectivity index (χ0v) is 12.5. The van der Waals surface area contributed by atoms with Crippen LogP contribution in [0.5, 0.6) is 0 Å². The van der Waals surface area contributed by atoms with Crippen LogP contribution in [0.25, 0.3) is 0 Å². The van der Waals surface area contributed by atoms with E-state index in [0.717, 1.165) is 23.9 Å². The van der Waals surface area contributed by atoms with Crippen LogP contribution in [0.15, 0.2) is 46.2 Å². The lowest BCUT2D eigenvalue weighted by atomic mass is 10.1. The molecule has 0 spiro atoms. The van der Waals surface area contributed by atoms with Crippen molar-refractivity contribution in [3.8, 4) is 6.07 Å². The average Bonchev–Trinajstić information content (AvgIpc) is 2.42. The Hall–Kier alpha value is -1.35. The summed E-state index contributed by atoms with van der Waals surface area (Å²) in [7, 11) is 0. The van der Waals surface area contributed by atoms with Gasteiger partial charge in [-0.15, -0.1) is 0 Å². The number of alkyl halides is 3. The van der Waals surface area contributed by atoms with Gasteiger partial charge < -0.3 is 0 Å². The Labute approximate surface area is 133 Å². The third-order valence-corrected chi connectivity index (χ3v) is 4.63. The Morgan fingerprint density at radius 3 is 2.19 bits per heavy atom. The van der Waals surface area contributed by atoms with Crippen molar-refractivity contribution in [1.82, 2.24) is 0 Å². The molecule has 1 nitrogen and oxygen atoms in total. The fraction of sp³-hybridized carbons (Fsp3) is 0.0714. The molecule has 108 valence electrons. The minimum atomic E-state index is -4.49. The monoisotopic (exact) mass is 347 g/mol. The topological polar surface area (TPSA) is 23.8 Å². The zero-order chi connectivity index (χ0) is 15.6. The first-order valence-electron chi connectivity index (χ1n) is 5.56. The van der Waals surface area contributed by atoms with Gasteiger partial charge in [0.05, 0.1) is 21.2 Å². The molecular formula is C14H6Cl2F3NS. The molecule has 0 radical (unpaired) electrons. The minimum Gasteiger partial charge on any atom is -0.192 e. The molecule has 0 aromatic heterocycles. The van der Waals surface area contributed by atoms with Gasteiger partial charge >= 0.3 is 6.18 Å². The van der Waals surface area contributed by atoms with Gasteiger partial charge in [0, 0.05) is 9.79 Å². The second-order valence-corrected chi connectivity index (χ2v) is 5.84. The first kappa shape index (κ1) is 16.0.